The summed E-state index contributed by atoms with van der Waals surface area (Å²) < 4.78 is 5.51. The number of nitrogens with zero attached hydrogens (tertiary/aromatic N) is 3. The molecule has 0 saturated carbocycles. The molecule has 0 N–H and O–H groups in total. The maximum atomic E-state index is 12.1. The van der Waals surface area contributed by atoms with Crippen molar-refractivity contribution >= 4 is 29.1 Å². The van der Waals surface area contributed by atoms with Crippen molar-refractivity contribution in [3.8, 4) is 5.88 Å². The minimum Gasteiger partial charge on any atom is -0.476 e. The van der Waals surface area contributed by atoms with Crippen molar-refractivity contribution in [1.29, 1.82) is 0 Å². The van der Waals surface area contributed by atoms with Gasteiger partial charge in [-0.3, -0.25) is 9.78 Å². The summed E-state index contributed by atoms with van der Waals surface area (Å²) in [5.41, 5.74) is -0.508. The van der Waals surface area contributed by atoms with Gasteiger partial charge in [0.15, 0.2) is 5.15 Å². The van der Waals surface area contributed by atoms with Crippen LogP contribution < -0.4 is 4.74 Å². The lowest BCUT2D eigenvalue weighted by molar-refractivity contribution is -0.146. The third-order valence-corrected chi connectivity index (χ3v) is 4.06. The molecule has 1 fully saturated rings. The molecule has 2 rings (SSSR count). The van der Waals surface area contributed by atoms with Gasteiger partial charge in [-0.15, -0.1) is 11.6 Å². The monoisotopic (exact) mass is 317 g/mol. The Morgan fingerprint density at radius 1 is 1.50 bits per heavy atom. The number of halogens is 2. The average Bonchev–Trinajstić information content (AvgIpc) is 2.36. The molecule has 0 aliphatic carbocycles. The Hall–Kier alpha value is -1.07. The van der Waals surface area contributed by atoms with Crippen LogP contribution in [0.4, 0.5) is 0 Å². The van der Waals surface area contributed by atoms with Crippen LogP contribution >= 0.6 is 23.2 Å². The fourth-order valence-electron chi connectivity index (χ4n) is 1.92. The van der Waals surface area contributed by atoms with Crippen molar-refractivity contribution in [3.05, 3.63) is 17.5 Å². The number of ether oxygens (including phenoxy) is 1. The second-order valence-electron chi connectivity index (χ2n) is 5.58. The van der Waals surface area contributed by atoms with Gasteiger partial charge in [0.25, 0.3) is 0 Å². The SMILES string of the molecule is CC(C)(CCl)C(=O)N1CC(COc2cncc(Cl)n2)C1. The molecule has 5 nitrogen and oxygen atoms in total. The first-order valence-electron chi connectivity index (χ1n) is 6.38. The Kier molecular flexibility index (Phi) is 4.70. The number of aromatic nitrogens is 2. The summed E-state index contributed by atoms with van der Waals surface area (Å²) in [5, 5.41) is 0.303. The zero-order chi connectivity index (χ0) is 14.8. The third kappa shape index (κ3) is 3.52. The summed E-state index contributed by atoms with van der Waals surface area (Å²) in [6, 6.07) is 0. The second kappa shape index (κ2) is 6.14. The molecule has 0 aromatic carbocycles. The van der Waals surface area contributed by atoms with Crippen LogP contribution in [-0.2, 0) is 4.79 Å². The molecule has 0 unspecified atom stereocenters. The molecule has 0 radical (unpaired) electrons. The molecule has 1 aromatic rings. The fourth-order valence-corrected chi connectivity index (χ4v) is 2.18. The summed E-state index contributed by atoms with van der Waals surface area (Å²) in [4.78, 5) is 21.8. The fraction of sp³-hybridized carbons (Fsp3) is 0.615. The molecule has 110 valence electrons. The number of carbonyl (C=O) groups excluding carboxylic acids is 1. The molecule has 1 aliphatic heterocycles. The first-order chi connectivity index (χ1) is 9.42. The Balaban J connectivity index is 1.76. The van der Waals surface area contributed by atoms with Crippen molar-refractivity contribution < 1.29 is 9.53 Å². The first kappa shape index (κ1) is 15.3. The highest BCUT2D eigenvalue weighted by Gasteiger charge is 2.38. The smallest absolute Gasteiger partial charge is 0.233 e. The lowest BCUT2D eigenvalue weighted by atomic mass is 9.90. The first-order valence-corrected chi connectivity index (χ1v) is 7.29. The molecular weight excluding hydrogens is 301 g/mol. The highest BCUT2D eigenvalue weighted by atomic mass is 35.5. The molecule has 1 aromatic heterocycles. The van der Waals surface area contributed by atoms with Crippen LogP contribution in [0.2, 0.25) is 5.15 Å². The summed E-state index contributed by atoms with van der Waals surface area (Å²) in [7, 11) is 0. The van der Waals surface area contributed by atoms with E-state index in [0.717, 1.165) is 0 Å². The number of carbonyl (C=O) groups is 1. The average molecular weight is 318 g/mol. The van der Waals surface area contributed by atoms with E-state index in [1.807, 2.05) is 13.8 Å². The van der Waals surface area contributed by atoms with Gasteiger partial charge in [0.2, 0.25) is 11.8 Å². The maximum absolute atomic E-state index is 12.1. The van der Waals surface area contributed by atoms with Gasteiger partial charge in [0.1, 0.15) is 0 Å². The minimum atomic E-state index is -0.508. The highest BCUT2D eigenvalue weighted by molar-refractivity contribution is 6.29. The van der Waals surface area contributed by atoms with Crippen LogP contribution in [-0.4, -0.2) is 46.4 Å². The zero-order valence-corrected chi connectivity index (χ0v) is 13.0. The lowest BCUT2D eigenvalue weighted by Gasteiger charge is -2.42. The summed E-state index contributed by atoms with van der Waals surface area (Å²) in [6.07, 6.45) is 2.97. The van der Waals surface area contributed by atoms with Crippen LogP contribution in [0.5, 0.6) is 5.88 Å². The molecule has 7 heteroatoms. The lowest BCUT2D eigenvalue weighted by Crippen LogP contribution is -2.56. The van der Waals surface area contributed by atoms with E-state index in [0.29, 0.717) is 42.5 Å². The predicted octanol–water partition coefficient (Wildman–Crippen LogP) is 2.23. The van der Waals surface area contributed by atoms with E-state index in [2.05, 4.69) is 9.97 Å². The van der Waals surface area contributed by atoms with Gasteiger partial charge < -0.3 is 9.64 Å². The molecule has 0 spiro atoms. The molecule has 0 atom stereocenters. The van der Waals surface area contributed by atoms with Crippen molar-refractivity contribution in [2.45, 2.75) is 13.8 Å². The normalized spacial score (nSPS) is 15.9. The van der Waals surface area contributed by atoms with Crippen molar-refractivity contribution in [3.63, 3.8) is 0 Å². The van der Waals surface area contributed by atoms with Gasteiger partial charge in [0.05, 0.1) is 24.4 Å². The predicted molar refractivity (Wildman–Crippen MR) is 77.1 cm³/mol. The van der Waals surface area contributed by atoms with E-state index < -0.39 is 5.41 Å². The molecule has 1 saturated heterocycles. The maximum Gasteiger partial charge on any atom is 0.233 e. The summed E-state index contributed by atoms with van der Waals surface area (Å²) >= 11 is 11.5. The highest BCUT2D eigenvalue weighted by Crippen LogP contribution is 2.26. The van der Waals surface area contributed by atoms with Crippen LogP contribution in [0.3, 0.4) is 0 Å². The van der Waals surface area contributed by atoms with Crippen LogP contribution in [0.25, 0.3) is 0 Å². The molecule has 20 heavy (non-hydrogen) atoms. The molecular formula is C13H17Cl2N3O2. The van der Waals surface area contributed by atoms with Crippen LogP contribution in [0.1, 0.15) is 13.8 Å². The van der Waals surface area contributed by atoms with E-state index in [-0.39, 0.29) is 5.91 Å². The molecule has 1 aliphatic rings. The van der Waals surface area contributed by atoms with E-state index in [9.17, 15) is 4.79 Å². The third-order valence-electron chi connectivity index (χ3n) is 3.21. The molecule has 2 heterocycles. The number of likely N-dealkylation sites (tertiary alicyclic amines) is 1. The zero-order valence-electron chi connectivity index (χ0n) is 11.5. The number of alkyl halides is 1. The minimum absolute atomic E-state index is 0.0892. The van der Waals surface area contributed by atoms with E-state index >= 15 is 0 Å². The van der Waals surface area contributed by atoms with Gasteiger partial charge in [-0.05, 0) is 13.8 Å². The van der Waals surface area contributed by atoms with Gasteiger partial charge in [0, 0.05) is 24.9 Å². The summed E-state index contributed by atoms with van der Waals surface area (Å²) in [5.74, 6) is 1.13. The van der Waals surface area contributed by atoms with E-state index in [4.69, 9.17) is 27.9 Å². The quantitative estimate of drug-likeness (QED) is 0.781. The van der Waals surface area contributed by atoms with Gasteiger partial charge in [-0.25, -0.2) is 0 Å². The molecule has 1 amide bonds. The Bertz CT molecular complexity index is 490. The second-order valence-corrected chi connectivity index (χ2v) is 6.24. The van der Waals surface area contributed by atoms with Gasteiger partial charge in [-0.1, -0.05) is 11.6 Å². The van der Waals surface area contributed by atoms with Gasteiger partial charge >= 0.3 is 0 Å². The van der Waals surface area contributed by atoms with Crippen molar-refractivity contribution in [1.82, 2.24) is 14.9 Å². The number of hydrogen-bond donors (Lipinski definition) is 0. The van der Waals surface area contributed by atoms with E-state index in [1.165, 1.54) is 12.4 Å². The van der Waals surface area contributed by atoms with Crippen molar-refractivity contribution in [2.24, 2.45) is 11.3 Å². The standard InChI is InChI=1S/C13H17Cl2N3O2/c1-13(2,8-14)12(19)18-5-9(6-18)7-20-11-4-16-3-10(15)17-11/h3-4,9H,5-8H2,1-2H3. The Morgan fingerprint density at radius 3 is 2.80 bits per heavy atom. The van der Waals surface area contributed by atoms with Gasteiger partial charge in [-0.2, -0.15) is 4.98 Å². The topological polar surface area (TPSA) is 55.3 Å². The Labute approximate surface area is 128 Å². The number of rotatable bonds is 5. The largest absolute Gasteiger partial charge is 0.476 e. The number of amides is 1. The van der Waals surface area contributed by atoms with Crippen molar-refractivity contribution in [2.75, 3.05) is 25.6 Å². The van der Waals surface area contributed by atoms with Crippen LogP contribution in [0, 0.1) is 11.3 Å². The molecule has 0 bridgehead atoms. The Morgan fingerprint density at radius 2 is 2.20 bits per heavy atom. The van der Waals surface area contributed by atoms with Crippen LogP contribution in [0.15, 0.2) is 12.4 Å². The van der Waals surface area contributed by atoms with E-state index in [1.54, 1.807) is 4.90 Å². The number of hydrogen-bond acceptors (Lipinski definition) is 4. The summed E-state index contributed by atoms with van der Waals surface area (Å²) in [6.45, 7) is 5.59.